The molecule has 0 saturated carbocycles. The fourth-order valence-electron chi connectivity index (χ4n) is 2.85. The maximum atomic E-state index is 12.9. The van der Waals surface area contributed by atoms with Crippen molar-refractivity contribution in [1.29, 1.82) is 0 Å². The van der Waals surface area contributed by atoms with Gasteiger partial charge in [-0.15, -0.1) is 0 Å². The number of aromatic hydroxyl groups is 1. The molecule has 0 fully saturated rings. The second-order valence-electron chi connectivity index (χ2n) is 6.06. The molecule has 0 bridgehead atoms. The van der Waals surface area contributed by atoms with Gasteiger partial charge in [-0.25, -0.2) is 19.5 Å². The first-order chi connectivity index (χ1) is 13.1. The lowest BCUT2D eigenvalue weighted by molar-refractivity contribution is 0.435. The molecule has 3 aromatic heterocycles. The number of nitrogens with zero attached hydrogens (tertiary/aromatic N) is 4. The minimum Gasteiger partial charge on any atom is -0.494 e. The molecule has 0 aliphatic heterocycles. The van der Waals surface area contributed by atoms with E-state index in [0.29, 0.717) is 28.0 Å². The third-order valence-corrected chi connectivity index (χ3v) is 4.20. The fraction of sp³-hybridized carbons (Fsp3) is 0.0476. The van der Waals surface area contributed by atoms with Crippen LogP contribution < -0.4 is 5.56 Å². The van der Waals surface area contributed by atoms with Gasteiger partial charge in [0.1, 0.15) is 5.82 Å². The summed E-state index contributed by atoms with van der Waals surface area (Å²) in [4.78, 5) is 25.7. The predicted molar refractivity (Wildman–Crippen MR) is 105 cm³/mol. The summed E-state index contributed by atoms with van der Waals surface area (Å²) in [5.74, 6) is 0.641. The molecule has 132 valence electrons. The van der Waals surface area contributed by atoms with Crippen LogP contribution in [0.2, 0.25) is 0 Å². The van der Waals surface area contributed by atoms with Gasteiger partial charge in [-0.1, -0.05) is 30.3 Å². The molecule has 4 rings (SSSR count). The highest BCUT2D eigenvalue weighted by molar-refractivity contribution is 6.02. The number of pyridine rings is 3. The van der Waals surface area contributed by atoms with E-state index in [0.717, 1.165) is 5.56 Å². The van der Waals surface area contributed by atoms with Crippen molar-refractivity contribution in [2.24, 2.45) is 4.99 Å². The van der Waals surface area contributed by atoms with Crippen LogP contribution in [0.5, 0.6) is 5.88 Å². The highest BCUT2D eigenvalue weighted by Gasteiger charge is 2.16. The van der Waals surface area contributed by atoms with Crippen LogP contribution in [0.3, 0.4) is 0 Å². The van der Waals surface area contributed by atoms with E-state index in [1.165, 1.54) is 10.8 Å². The molecule has 0 aliphatic carbocycles. The predicted octanol–water partition coefficient (Wildman–Crippen LogP) is 3.55. The molecule has 1 N–H and O–H groups in total. The van der Waals surface area contributed by atoms with E-state index in [4.69, 9.17) is 0 Å². The van der Waals surface area contributed by atoms with Gasteiger partial charge in [-0.05, 0) is 36.8 Å². The van der Waals surface area contributed by atoms with Crippen molar-refractivity contribution >= 4 is 22.8 Å². The molecule has 27 heavy (non-hydrogen) atoms. The van der Waals surface area contributed by atoms with Gasteiger partial charge >= 0.3 is 0 Å². The van der Waals surface area contributed by atoms with Crippen LogP contribution in [0.25, 0.3) is 16.6 Å². The quantitative estimate of drug-likeness (QED) is 0.569. The summed E-state index contributed by atoms with van der Waals surface area (Å²) in [7, 11) is 0. The smallest absolute Gasteiger partial charge is 0.267 e. The summed E-state index contributed by atoms with van der Waals surface area (Å²) in [6.07, 6.45) is 4.81. The van der Waals surface area contributed by atoms with Crippen molar-refractivity contribution in [1.82, 2.24) is 14.5 Å². The van der Waals surface area contributed by atoms with Gasteiger partial charge < -0.3 is 5.11 Å². The minimum atomic E-state index is -0.340. The number of fused-ring (bicyclic) bond motifs is 1. The molecule has 0 atom stereocenters. The molecule has 6 heteroatoms. The fourth-order valence-corrected chi connectivity index (χ4v) is 2.85. The summed E-state index contributed by atoms with van der Waals surface area (Å²) in [5.41, 5.74) is 1.12. The second-order valence-corrected chi connectivity index (χ2v) is 6.06. The van der Waals surface area contributed by atoms with Gasteiger partial charge in [0, 0.05) is 29.4 Å². The Morgan fingerprint density at radius 3 is 2.48 bits per heavy atom. The largest absolute Gasteiger partial charge is 0.494 e. The molecule has 0 aliphatic rings. The van der Waals surface area contributed by atoms with E-state index in [1.54, 1.807) is 54.9 Å². The third kappa shape index (κ3) is 3.08. The molecular weight excluding hydrogens is 340 g/mol. The topological polar surface area (TPSA) is 80.4 Å². The van der Waals surface area contributed by atoms with Crippen LogP contribution in [0.4, 0.5) is 5.82 Å². The molecule has 0 spiro atoms. The molecule has 0 amide bonds. The molecule has 6 nitrogen and oxygen atoms in total. The third-order valence-electron chi connectivity index (χ3n) is 4.20. The van der Waals surface area contributed by atoms with Crippen molar-refractivity contribution in [3.05, 3.63) is 88.5 Å². The van der Waals surface area contributed by atoms with Crippen LogP contribution in [-0.4, -0.2) is 25.9 Å². The van der Waals surface area contributed by atoms with Crippen molar-refractivity contribution in [3.8, 4) is 11.7 Å². The van der Waals surface area contributed by atoms with Gasteiger partial charge in [0.25, 0.3) is 5.56 Å². The van der Waals surface area contributed by atoms with Gasteiger partial charge in [0.15, 0.2) is 5.82 Å². The van der Waals surface area contributed by atoms with Crippen LogP contribution in [0.15, 0.2) is 76.8 Å². The van der Waals surface area contributed by atoms with Crippen LogP contribution >= 0.6 is 0 Å². The first kappa shape index (κ1) is 16.7. The zero-order valence-corrected chi connectivity index (χ0v) is 14.6. The lowest BCUT2D eigenvalue weighted by Crippen LogP contribution is -2.20. The Balaban J connectivity index is 1.96. The Morgan fingerprint density at radius 1 is 1.00 bits per heavy atom. The van der Waals surface area contributed by atoms with E-state index in [9.17, 15) is 9.90 Å². The standard InChI is InChI=1S/C21H16N4O2/c1-14-9-10-18(23-12-14)24-13-17-15-6-2-3-7-16(15)20(26)25(21(17)27)19-8-4-5-11-22-19/h2-13,27H,1H3. The monoisotopic (exact) mass is 356 g/mol. The zero-order chi connectivity index (χ0) is 18.8. The van der Waals surface area contributed by atoms with E-state index in [2.05, 4.69) is 15.0 Å². The van der Waals surface area contributed by atoms with Crippen LogP contribution in [-0.2, 0) is 0 Å². The van der Waals surface area contributed by atoms with Gasteiger partial charge in [-0.3, -0.25) is 4.79 Å². The summed E-state index contributed by atoms with van der Waals surface area (Å²) >= 11 is 0. The van der Waals surface area contributed by atoms with Crippen LogP contribution in [0.1, 0.15) is 11.1 Å². The summed E-state index contributed by atoms with van der Waals surface area (Å²) in [5, 5.41) is 11.9. The molecular formula is C21H16N4O2. The summed E-state index contributed by atoms with van der Waals surface area (Å²) in [6, 6.07) is 16.0. The zero-order valence-electron chi connectivity index (χ0n) is 14.6. The van der Waals surface area contributed by atoms with Gasteiger partial charge in [0.05, 0.1) is 5.56 Å². The minimum absolute atomic E-state index is 0.215. The second kappa shape index (κ2) is 6.84. The average Bonchev–Trinajstić information content (AvgIpc) is 2.70. The summed E-state index contributed by atoms with van der Waals surface area (Å²) < 4.78 is 1.19. The van der Waals surface area contributed by atoms with Crippen molar-refractivity contribution in [2.45, 2.75) is 6.92 Å². The highest BCUT2D eigenvalue weighted by Crippen LogP contribution is 2.25. The summed E-state index contributed by atoms with van der Waals surface area (Å²) in [6.45, 7) is 1.95. The van der Waals surface area contributed by atoms with Crippen molar-refractivity contribution in [2.75, 3.05) is 0 Å². The number of benzene rings is 1. The molecule has 0 radical (unpaired) electrons. The number of hydrogen-bond acceptors (Lipinski definition) is 5. The Bertz CT molecular complexity index is 1200. The molecule has 0 unspecified atom stereocenters. The maximum Gasteiger partial charge on any atom is 0.267 e. The van der Waals surface area contributed by atoms with Crippen LogP contribution in [0, 0.1) is 6.92 Å². The maximum absolute atomic E-state index is 12.9. The van der Waals surface area contributed by atoms with Crippen molar-refractivity contribution in [3.63, 3.8) is 0 Å². The Hall–Kier alpha value is -3.80. The number of hydrogen-bond donors (Lipinski definition) is 1. The van der Waals surface area contributed by atoms with E-state index in [-0.39, 0.29) is 11.4 Å². The Labute approximate surface area is 155 Å². The number of rotatable bonds is 3. The molecule has 1 aromatic carbocycles. The number of aliphatic imine (C=N–C) groups is 1. The SMILES string of the molecule is Cc1ccc(N=Cc2c(O)n(-c3ccccn3)c(=O)c3ccccc23)nc1. The average molecular weight is 356 g/mol. The lowest BCUT2D eigenvalue weighted by Gasteiger charge is -2.12. The lowest BCUT2D eigenvalue weighted by atomic mass is 10.1. The van der Waals surface area contributed by atoms with E-state index >= 15 is 0 Å². The first-order valence-corrected chi connectivity index (χ1v) is 8.40. The Morgan fingerprint density at radius 2 is 1.78 bits per heavy atom. The molecule has 0 saturated heterocycles. The van der Waals surface area contributed by atoms with Gasteiger partial charge in [-0.2, -0.15) is 0 Å². The number of aryl methyl sites for hydroxylation is 1. The van der Waals surface area contributed by atoms with Gasteiger partial charge in [0.2, 0.25) is 5.88 Å². The number of aromatic nitrogens is 3. The van der Waals surface area contributed by atoms with E-state index in [1.807, 2.05) is 19.1 Å². The highest BCUT2D eigenvalue weighted by atomic mass is 16.3. The van der Waals surface area contributed by atoms with Crippen molar-refractivity contribution < 1.29 is 5.11 Å². The Kier molecular flexibility index (Phi) is 4.22. The normalized spacial score (nSPS) is 11.3. The van der Waals surface area contributed by atoms with E-state index < -0.39 is 0 Å². The molecule has 3 heterocycles. The first-order valence-electron chi connectivity index (χ1n) is 8.40. The molecule has 4 aromatic rings.